The van der Waals surface area contributed by atoms with E-state index in [0.717, 1.165) is 5.56 Å². The van der Waals surface area contributed by atoms with Crippen LogP contribution in [0.15, 0.2) is 42.5 Å². The van der Waals surface area contributed by atoms with E-state index >= 15 is 0 Å². The van der Waals surface area contributed by atoms with Gasteiger partial charge in [0.2, 0.25) is 0 Å². The highest BCUT2D eigenvalue weighted by atomic mass is 35.5. The molecule has 2 rings (SSSR count). The molecule has 0 heterocycles. The van der Waals surface area contributed by atoms with Gasteiger partial charge in [-0.05, 0) is 24.6 Å². The van der Waals surface area contributed by atoms with Crippen molar-refractivity contribution in [3.8, 4) is 6.07 Å². The van der Waals surface area contributed by atoms with E-state index in [4.69, 9.17) is 23.2 Å². The van der Waals surface area contributed by atoms with Gasteiger partial charge in [-0.25, -0.2) is 0 Å². The van der Waals surface area contributed by atoms with E-state index in [1.54, 1.807) is 24.3 Å². The van der Waals surface area contributed by atoms with Crippen molar-refractivity contribution in [2.45, 2.75) is 12.8 Å². The molecule has 0 saturated carbocycles. The number of carbonyl (C=O) groups excluding carboxylic acids is 1. The van der Waals surface area contributed by atoms with Crippen LogP contribution in [-0.4, -0.2) is 5.78 Å². The van der Waals surface area contributed by atoms with Crippen LogP contribution < -0.4 is 0 Å². The SMILES string of the molecule is Cc1ccc(C(=O)C(C#N)c2ccc(Cl)cc2Cl)cc1. The molecule has 20 heavy (non-hydrogen) atoms. The molecule has 0 spiro atoms. The zero-order valence-electron chi connectivity index (χ0n) is 10.7. The van der Waals surface area contributed by atoms with Gasteiger partial charge in [0.25, 0.3) is 0 Å². The second-order valence-electron chi connectivity index (χ2n) is 4.46. The third kappa shape index (κ3) is 3.01. The minimum absolute atomic E-state index is 0.267. The number of hydrogen-bond acceptors (Lipinski definition) is 2. The van der Waals surface area contributed by atoms with E-state index in [0.29, 0.717) is 21.2 Å². The van der Waals surface area contributed by atoms with Gasteiger partial charge < -0.3 is 0 Å². The second kappa shape index (κ2) is 6.09. The van der Waals surface area contributed by atoms with Gasteiger partial charge in [-0.15, -0.1) is 0 Å². The Hall–Kier alpha value is -1.82. The fourth-order valence-corrected chi connectivity index (χ4v) is 2.41. The van der Waals surface area contributed by atoms with Gasteiger partial charge in [0.1, 0.15) is 5.92 Å². The van der Waals surface area contributed by atoms with Crippen LogP contribution in [0.25, 0.3) is 0 Å². The van der Waals surface area contributed by atoms with Crippen LogP contribution in [0.4, 0.5) is 0 Å². The molecule has 0 fully saturated rings. The van der Waals surface area contributed by atoms with E-state index in [2.05, 4.69) is 0 Å². The standard InChI is InChI=1S/C16H11Cl2NO/c1-10-2-4-11(5-3-10)16(20)14(9-19)13-7-6-12(17)8-15(13)18/h2-8,14H,1H3. The van der Waals surface area contributed by atoms with E-state index in [1.807, 2.05) is 25.1 Å². The summed E-state index contributed by atoms with van der Waals surface area (Å²) in [5.74, 6) is -1.20. The molecular formula is C16H11Cl2NO. The van der Waals surface area contributed by atoms with Crippen molar-refractivity contribution in [1.82, 2.24) is 0 Å². The third-order valence-corrected chi connectivity index (χ3v) is 3.56. The maximum atomic E-state index is 12.4. The molecule has 0 aromatic heterocycles. The number of Topliss-reactive ketones (excluding diaryl/α,β-unsaturated/α-hetero) is 1. The molecular weight excluding hydrogens is 293 g/mol. The largest absolute Gasteiger partial charge is 0.292 e. The molecule has 2 aromatic carbocycles. The van der Waals surface area contributed by atoms with Crippen LogP contribution >= 0.6 is 23.2 Å². The molecule has 4 heteroatoms. The molecule has 100 valence electrons. The van der Waals surface area contributed by atoms with Crippen LogP contribution in [-0.2, 0) is 0 Å². The van der Waals surface area contributed by atoms with Gasteiger partial charge in [-0.3, -0.25) is 4.79 Å². The molecule has 2 aromatic rings. The summed E-state index contributed by atoms with van der Waals surface area (Å²) in [7, 11) is 0. The topological polar surface area (TPSA) is 40.9 Å². The van der Waals surface area contributed by atoms with Gasteiger partial charge in [0, 0.05) is 15.6 Å². The Kier molecular flexibility index (Phi) is 4.44. The van der Waals surface area contributed by atoms with Gasteiger partial charge in [-0.1, -0.05) is 59.1 Å². The Bertz CT molecular complexity index is 687. The maximum absolute atomic E-state index is 12.4. The summed E-state index contributed by atoms with van der Waals surface area (Å²) >= 11 is 11.9. The van der Waals surface area contributed by atoms with Crippen molar-refractivity contribution in [2.75, 3.05) is 0 Å². The van der Waals surface area contributed by atoms with Gasteiger partial charge in [0.05, 0.1) is 6.07 Å². The Morgan fingerprint density at radius 3 is 2.35 bits per heavy atom. The zero-order chi connectivity index (χ0) is 14.7. The normalized spacial score (nSPS) is 11.7. The summed E-state index contributed by atoms with van der Waals surface area (Å²) in [6, 6.07) is 13.9. The van der Waals surface area contributed by atoms with Crippen molar-refractivity contribution in [2.24, 2.45) is 0 Å². The minimum Gasteiger partial charge on any atom is -0.292 e. The average Bonchev–Trinajstić information content (AvgIpc) is 2.42. The van der Waals surface area contributed by atoms with E-state index in [9.17, 15) is 10.1 Å². The monoisotopic (exact) mass is 303 g/mol. The summed E-state index contributed by atoms with van der Waals surface area (Å²) in [6.07, 6.45) is 0. The predicted molar refractivity (Wildman–Crippen MR) is 80.3 cm³/mol. The smallest absolute Gasteiger partial charge is 0.184 e. The Morgan fingerprint density at radius 1 is 1.15 bits per heavy atom. The van der Waals surface area contributed by atoms with Crippen molar-refractivity contribution in [3.63, 3.8) is 0 Å². The minimum atomic E-state index is -0.928. The number of aryl methyl sites for hydroxylation is 1. The predicted octanol–water partition coefficient (Wildman–Crippen LogP) is 4.79. The number of nitriles is 1. The third-order valence-electron chi connectivity index (χ3n) is 3.00. The zero-order valence-corrected chi connectivity index (χ0v) is 12.2. The fourth-order valence-electron chi connectivity index (χ4n) is 1.89. The lowest BCUT2D eigenvalue weighted by atomic mass is 9.91. The first-order valence-corrected chi connectivity index (χ1v) is 6.74. The van der Waals surface area contributed by atoms with Crippen molar-refractivity contribution in [3.05, 3.63) is 69.2 Å². The molecule has 0 aliphatic heterocycles. The molecule has 1 atom stereocenters. The molecule has 1 unspecified atom stereocenters. The summed E-state index contributed by atoms with van der Waals surface area (Å²) in [5.41, 5.74) is 2.02. The molecule has 0 aliphatic carbocycles. The number of carbonyl (C=O) groups is 1. The average molecular weight is 304 g/mol. The second-order valence-corrected chi connectivity index (χ2v) is 5.30. The number of benzene rings is 2. The highest BCUT2D eigenvalue weighted by Crippen LogP contribution is 2.29. The Morgan fingerprint density at radius 2 is 1.80 bits per heavy atom. The first kappa shape index (κ1) is 14.6. The number of rotatable bonds is 3. The summed E-state index contributed by atoms with van der Waals surface area (Å²) < 4.78 is 0. The van der Waals surface area contributed by atoms with E-state index in [1.165, 1.54) is 6.07 Å². The highest BCUT2D eigenvalue weighted by molar-refractivity contribution is 6.35. The van der Waals surface area contributed by atoms with Crippen LogP contribution in [0.5, 0.6) is 0 Å². The number of ketones is 1. The molecule has 0 radical (unpaired) electrons. The van der Waals surface area contributed by atoms with Crippen LogP contribution in [0, 0.1) is 18.3 Å². The fraction of sp³-hybridized carbons (Fsp3) is 0.125. The Labute approximate surface area is 127 Å². The lowest BCUT2D eigenvalue weighted by Crippen LogP contribution is -2.11. The molecule has 0 saturated heterocycles. The molecule has 0 bridgehead atoms. The molecule has 0 aliphatic rings. The maximum Gasteiger partial charge on any atom is 0.184 e. The summed E-state index contributed by atoms with van der Waals surface area (Å²) in [6.45, 7) is 1.94. The number of nitrogens with zero attached hydrogens (tertiary/aromatic N) is 1. The lowest BCUT2D eigenvalue weighted by Gasteiger charge is -2.11. The number of halogens is 2. The Balaban J connectivity index is 2.40. The lowest BCUT2D eigenvalue weighted by molar-refractivity contribution is 0.0979. The first-order chi connectivity index (χ1) is 9.52. The highest BCUT2D eigenvalue weighted by Gasteiger charge is 2.23. The molecule has 0 N–H and O–H groups in total. The van der Waals surface area contributed by atoms with Crippen LogP contribution in [0.2, 0.25) is 10.0 Å². The van der Waals surface area contributed by atoms with Crippen molar-refractivity contribution >= 4 is 29.0 Å². The van der Waals surface area contributed by atoms with E-state index in [-0.39, 0.29) is 5.78 Å². The van der Waals surface area contributed by atoms with Crippen molar-refractivity contribution in [1.29, 1.82) is 5.26 Å². The van der Waals surface area contributed by atoms with Crippen LogP contribution in [0.3, 0.4) is 0 Å². The van der Waals surface area contributed by atoms with E-state index < -0.39 is 5.92 Å². The quantitative estimate of drug-likeness (QED) is 0.765. The van der Waals surface area contributed by atoms with Gasteiger partial charge in [0.15, 0.2) is 5.78 Å². The summed E-state index contributed by atoms with van der Waals surface area (Å²) in [4.78, 5) is 12.4. The molecule has 0 amide bonds. The first-order valence-electron chi connectivity index (χ1n) is 5.98. The number of hydrogen-bond donors (Lipinski definition) is 0. The van der Waals surface area contributed by atoms with Crippen LogP contribution in [0.1, 0.15) is 27.4 Å². The summed E-state index contributed by atoms with van der Waals surface area (Å²) in [5, 5.41) is 10.1. The van der Waals surface area contributed by atoms with Gasteiger partial charge in [-0.2, -0.15) is 5.26 Å². The molecule has 2 nitrogen and oxygen atoms in total. The van der Waals surface area contributed by atoms with Crippen molar-refractivity contribution < 1.29 is 4.79 Å². The van der Waals surface area contributed by atoms with Gasteiger partial charge >= 0.3 is 0 Å².